The maximum atomic E-state index is 13.3. The number of halogens is 3. The molecule has 3 heterocycles. The fraction of sp³-hybridized carbons (Fsp3) is 0.364. The number of hydrogen-bond donors (Lipinski definition) is 1. The lowest BCUT2D eigenvalue weighted by Crippen LogP contribution is -2.39. The number of benzene rings is 1. The van der Waals surface area contributed by atoms with Gasteiger partial charge in [0.05, 0.1) is 5.52 Å². The van der Waals surface area contributed by atoms with E-state index in [-0.39, 0.29) is 6.04 Å². The van der Waals surface area contributed by atoms with E-state index in [2.05, 4.69) is 27.1 Å². The van der Waals surface area contributed by atoms with Crippen LogP contribution in [0.1, 0.15) is 25.5 Å². The van der Waals surface area contributed by atoms with Crippen LogP contribution in [0.3, 0.4) is 0 Å². The summed E-state index contributed by atoms with van der Waals surface area (Å²) in [5, 5.41) is 4.05. The lowest BCUT2D eigenvalue weighted by Gasteiger charge is -2.32. The first-order chi connectivity index (χ1) is 14.0. The smallest absolute Gasteiger partial charge is 0.367 e. The quantitative estimate of drug-likeness (QED) is 0.653. The Hall–Kier alpha value is -2.67. The normalized spacial score (nSPS) is 16.3. The topological polar surface area (TPSA) is 41.0 Å². The average molecular weight is 400 g/mol. The summed E-state index contributed by atoms with van der Waals surface area (Å²) in [5.41, 5.74) is 0.808. The number of fused-ring (bicyclic) bond motifs is 1. The lowest BCUT2D eigenvalue weighted by atomic mass is 10.0. The Labute approximate surface area is 167 Å². The molecule has 29 heavy (non-hydrogen) atoms. The van der Waals surface area contributed by atoms with E-state index >= 15 is 0 Å². The maximum Gasteiger partial charge on any atom is 0.433 e. The molecule has 0 amide bonds. The highest BCUT2D eigenvalue weighted by molar-refractivity contribution is 5.99. The second-order valence-corrected chi connectivity index (χ2v) is 7.33. The number of anilines is 1. The second kappa shape index (κ2) is 7.99. The van der Waals surface area contributed by atoms with Crippen molar-refractivity contribution in [3.8, 4) is 11.1 Å². The van der Waals surface area contributed by atoms with E-state index in [0.29, 0.717) is 22.3 Å². The number of nitrogens with zero attached hydrogens (tertiary/aromatic N) is 3. The molecule has 4 rings (SSSR count). The molecule has 0 unspecified atom stereocenters. The highest BCUT2D eigenvalue weighted by atomic mass is 19.4. The number of pyridine rings is 2. The zero-order chi connectivity index (χ0) is 20.4. The molecule has 1 aromatic carbocycles. The van der Waals surface area contributed by atoms with Crippen LogP contribution in [0.2, 0.25) is 0 Å². The number of alkyl halides is 3. The van der Waals surface area contributed by atoms with Crippen molar-refractivity contribution in [2.75, 3.05) is 25.0 Å². The lowest BCUT2D eigenvalue weighted by molar-refractivity contribution is -0.140. The molecule has 1 aliphatic rings. The van der Waals surface area contributed by atoms with Gasteiger partial charge in [-0.2, -0.15) is 13.2 Å². The van der Waals surface area contributed by atoms with Crippen molar-refractivity contribution in [2.24, 2.45) is 0 Å². The van der Waals surface area contributed by atoms with E-state index in [4.69, 9.17) is 0 Å². The number of piperidine rings is 1. The molecule has 1 N–H and O–H groups in total. The van der Waals surface area contributed by atoms with Crippen LogP contribution in [0, 0.1) is 0 Å². The molecular weight excluding hydrogens is 377 g/mol. The van der Waals surface area contributed by atoms with Crippen molar-refractivity contribution in [2.45, 2.75) is 32.0 Å². The first-order valence-corrected chi connectivity index (χ1v) is 9.87. The van der Waals surface area contributed by atoms with Crippen LogP contribution >= 0.6 is 0 Å². The Morgan fingerprint density at radius 1 is 1.07 bits per heavy atom. The summed E-state index contributed by atoms with van der Waals surface area (Å²) in [6, 6.07) is 12.0. The SMILES string of the molecule is CCN1CCC(Nc2ncc(-c3ccccc3)c3nc(C(F)(F)F)ccc23)CC1. The van der Waals surface area contributed by atoms with Crippen molar-refractivity contribution < 1.29 is 13.2 Å². The number of nitrogens with one attached hydrogen (secondary N) is 1. The third kappa shape index (κ3) is 4.19. The van der Waals surface area contributed by atoms with Crippen LogP contribution in [0.5, 0.6) is 0 Å². The van der Waals surface area contributed by atoms with Gasteiger partial charge in [-0.15, -0.1) is 0 Å². The molecule has 0 aliphatic carbocycles. The maximum absolute atomic E-state index is 13.3. The minimum Gasteiger partial charge on any atom is -0.367 e. The Bertz CT molecular complexity index is 981. The molecule has 0 atom stereocenters. The van der Waals surface area contributed by atoms with Crippen molar-refractivity contribution in [3.63, 3.8) is 0 Å². The third-order valence-electron chi connectivity index (χ3n) is 5.48. The molecule has 1 saturated heterocycles. The molecule has 1 aliphatic heterocycles. The molecule has 1 fully saturated rings. The van der Waals surface area contributed by atoms with Crippen LogP contribution in [0.4, 0.5) is 19.0 Å². The van der Waals surface area contributed by atoms with E-state index in [9.17, 15) is 13.2 Å². The standard InChI is InChI=1S/C22H23F3N4/c1-2-29-12-10-16(11-13-29)27-21-17-8-9-19(22(23,24)25)28-20(17)18(14-26-21)15-6-4-3-5-7-15/h3-9,14,16H,2,10-13H2,1H3,(H,26,27). The molecule has 3 aromatic rings. The molecular formula is C22H23F3N4. The van der Waals surface area contributed by atoms with Gasteiger partial charge in [0.15, 0.2) is 0 Å². The zero-order valence-electron chi connectivity index (χ0n) is 16.2. The monoisotopic (exact) mass is 400 g/mol. The predicted octanol–water partition coefficient (Wildman–Crippen LogP) is 5.21. The molecule has 0 spiro atoms. The molecule has 0 bridgehead atoms. The summed E-state index contributed by atoms with van der Waals surface area (Å²) < 4.78 is 39.9. The fourth-order valence-electron chi connectivity index (χ4n) is 3.80. The van der Waals surface area contributed by atoms with Crippen LogP contribution in [0.25, 0.3) is 22.0 Å². The minimum atomic E-state index is -4.49. The third-order valence-corrected chi connectivity index (χ3v) is 5.48. The van der Waals surface area contributed by atoms with Crippen LogP contribution in [0.15, 0.2) is 48.7 Å². The van der Waals surface area contributed by atoms with E-state index in [1.807, 2.05) is 30.3 Å². The molecule has 0 saturated carbocycles. The van der Waals surface area contributed by atoms with E-state index in [0.717, 1.165) is 44.1 Å². The van der Waals surface area contributed by atoms with Gasteiger partial charge in [-0.25, -0.2) is 9.97 Å². The van der Waals surface area contributed by atoms with E-state index < -0.39 is 11.9 Å². The van der Waals surface area contributed by atoms with E-state index in [1.165, 1.54) is 6.07 Å². The molecule has 2 aromatic heterocycles. The molecule has 0 radical (unpaired) electrons. The van der Waals surface area contributed by atoms with Crippen LogP contribution < -0.4 is 5.32 Å². The van der Waals surface area contributed by atoms with E-state index in [1.54, 1.807) is 6.20 Å². The van der Waals surface area contributed by atoms with Gasteiger partial charge in [0, 0.05) is 36.3 Å². The van der Waals surface area contributed by atoms with Gasteiger partial charge in [0.1, 0.15) is 11.5 Å². The van der Waals surface area contributed by atoms with Crippen molar-refractivity contribution in [1.82, 2.24) is 14.9 Å². The fourth-order valence-corrected chi connectivity index (χ4v) is 3.80. The summed E-state index contributed by atoms with van der Waals surface area (Å²) in [5.74, 6) is 0.593. The summed E-state index contributed by atoms with van der Waals surface area (Å²) >= 11 is 0. The minimum absolute atomic E-state index is 0.248. The van der Waals surface area contributed by atoms with Gasteiger partial charge < -0.3 is 10.2 Å². The summed E-state index contributed by atoms with van der Waals surface area (Å²) in [6.45, 7) is 5.19. The van der Waals surface area contributed by atoms with Gasteiger partial charge in [0.25, 0.3) is 0 Å². The van der Waals surface area contributed by atoms with Gasteiger partial charge >= 0.3 is 6.18 Å². The average Bonchev–Trinajstić information content (AvgIpc) is 2.74. The Kier molecular flexibility index (Phi) is 5.41. The largest absolute Gasteiger partial charge is 0.433 e. The molecule has 7 heteroatoms. The van der Waals surface area contributed by atoms with Crippen molar-refractivity contribution in [3.05, 3.63) is 54.4 Å². The predicted molar refractivity (Wildman–Crippen MR) is 109 cm³/mol. The number of rotatable bonds is 4. The van der Waals surface area contributed by atoms with Gasteiger partial charge in [-0.3, -0.25) is 0 Å². The number of likely N-dealkylation sites (tertiary alicyclic amines) is 1. The Morgan fingerprint density at radius 3 is 2.45 bits per heavy atom. The van der Waals surface area contributed by atoms with Gasteiger partial charge in [0.2, 0.25) is 0 Å². The first-order valence-electron chi connectivity index (χ1n) is 9.87. The highest BCUT2D eigenvalue weighted by Gasteiger charge is 2.33. The van der Waals surface area contributed by atoms with Crippen LogP contribution in [-0.2, 0) is 6.18 Å². The van der Waals surface area contributed by atoms with Gasteiger partial charge in [-0.1, -0.05) is 37.3 Å². The van der Waals surface area contributed by atoms with Crippen molar-refractivity contribution in [1.29, 1.82) is 0 Å². The first kappa shape index (κ1) is 19.6. The summed E-state index contributed by atoms with van der Waals surface area (Å²) in [6.07, 6.45) is -0.919. The number of aromatic nitrogens is 2. The zero-order valence-corrected chi connectivity index (χ0v) is 16.2. The summed E-state index contributed by atoms with van der Waals surface area (Å²) in [7, 11) is 0. The van der Waals surface area contributed by atoms with Gasteiger partial charge in [-0.05, 0) is 37.1 Å². The van der Waals surface area contributed by atoms with Crippen LogP contribution in [-0.4, -0.2) is 40.5 Å². The molecule has 4 nitrogen and oxygen atoms in total. The summed E-state index contributed by atoms with van der Waals surface area (Å²) in [4.78, 5) is 10.9. The Balaban J connectivity index is 1.75. The van der Waals surface area contributed by atoms with Crippen molar-refractivity contribution >= 4 is 16.7 Å². The second-order valence-electron chi connectivity index (χ2n) is 7.33. The Morgan fingerprint density at radius 2 is 1.79 bits per heavy atom. The molecule has 152 valence electrons. The highest BCUT2D eigenvalue weighted by Crippen LogP contribution is 2.35. The number of hydrogen-bond acceptors (Lipinski definition) is 4.